The third kappa shape index (κ3) is 8.89. The van der Waals surface area contributed by atoms with E-state index in [-0.39, 0.29) is 12.3 Å². The molecule has 0 aromatic carbocycles. The van der Waals surface area contributed by atoms with Gasteiger partial charge in [-0.25, -0.2) is 4.79 Å². The fraction of sp³-hybridized carbons (Fsp3) is 0.765. The molecule has 7 N–H and O–H groups in total. The van der Waals surface area contributed by atoms with Gasteiger partial charge in [0.25, 0.3) is 0 Å². The van der Waals surface area contributed by atoms with Crippen molar-refractivity contribution in [2.75, 3.05) is 12.0 Å². The van der Waals surface area contributed by atoms with Gasteiger partial charge in [0.1, 0.15) is 24.2 Å². The summed E-state index contributed by atoms with van der Waals surface area (Å²) in [4.78, 5) is 48.0. The van der Waals surface area contributed by atoms with Crippen LogP contribution < -0.4 is 21.7 Å². The number of amides is 3. The van der Waals surface area contributed by atoms with Crippen LogP contribution in [0.4, 0.5) is 0 Å². The van der Waals surface area contributed by atoms with E-state index in [1.165, 1.54) is 25.6 Å². The molecule has 0 spiro atoms. The van der Waals surface area contributed by atoms with E-state index in [0.29, 0.717) is 5.75 Å². The number of aliphatic hydroxyl groups excluding tert-OH is 1. The van der Waals surface area contributed by atoms with Gasteiger partial charge in [-0.2, -0.15) is 11.8 Å². The Balaban J connectivity index is 4.99. The van der Waals surface area contributed by atoms with Crippen LogP contribution in [0.15, 0.2) is 0 Å². The second kappa shape index (κ2) is 12.6. The number of rotatable bonds is 12. The first kappa shape index (κ1) is 26.1. The highest BCUT2D eigenvalue weighted by Crippen LogP contribution is 2.06. The third-order valence-electron chi connectivity index (χ3n) is 4.05. The number of hydrogen-bond acceptors (Lipinski definition) is 7. The lowest BCUT2D eigenvalue weighted by atomic mass is 10.0. The molecule has 0 aliphatic carbocycles. The van der Waals surface area contributed by atoms with Gasteiger partial charge in [0.05, 0.1) is 6.10 Å². The lowest BCUT2D eigenvalue weighted by Gasteiger charge is -2.26. The van der Waals surface area contributed by atoms with E-state index in [0.717, 1.165) is 0 Å². The molecule has 0 aromatic heterocycles. The molecular weight excluding hydrogens is 388 g/mol. The summed E-state index contributed by atoms with van der Waals surface area (Å²) in [6.07, 6.45) is 1.00. The van der Waals surface area contributed by atoms with Crippen LogP contribution >= 0.6 is 11.8 Å². The van der Waals surface area contributed by atoms with Crippen LogP contribution in [0, 0.1) is 5.92 Å². The van der Waals surface area contributed by atoms with E-state index in [1.54, 1.807) is 13.8 Å². The summed E-state index contributed by atoms with van der Waals surface area (Å²) >= 11 is 1.46. The van der Waals surface area contributed by atoms with Gasteiger partial charge in [-0.3, -0.25) is 14.4 Å². The Morgan fingerprint density at radius 2 is 1.54 bits per heavy atom. The number of carboxylic acid groups (broad SMARTS) is 1. The lowest BCUT2D eigenvalue weighted by molar-refractivity contribution is -0.142. The van der Waals surface area contributed by atoms with Crippen LogP contribution in [0.5, 0.6) is 0 Å². The van der Waals surface area contributed by atoms with Crippen molar-refractivity contribution >= 4 is 35.5 Å². The van der Waals surface area contributed by atoms with Crippen molar-refractivity contribution in [2.24, 2.45) is 11.7 Å². The molecule has 0 heterocycles. The summed E-state index contributed by atoms with van der Waals surface area (Å²) in [6, 6.07) is -4.22. The molecule has 3 amide bonds. The standard InChI is InChI=1S/C17H32N4O6S/c1-8(2)13(16(25)20-11(17(26)27)6-7-28-5)21-14(23)9(3)19-15(24)12(18)10(4)22/h8-13,22H,6-7,18H2,1-5H3,(H,19,24)(H,20,25)(H,21,23)(H,26,27). The molecule has 0 aliphatic rings. The van der Waals surface area contributed by atoms with Gasteiger partial charge in [0, 0.05) is 0 Å². The highest BCUT2D eigenvalue weighted by molar-refractivity contribution is 7.98. The fourth-order valence-corrected chi connectivity index (χ4v) is 2.63. The van der Waals surface area contributed by atoms with Gasteiger partial charge in [0.2, 0.25) is 17.7 Å². The van der Waals surface area contributed by atoms with Crippen molar-refractivity contribution in [1.29, 1.82) is 0 Å². The minimum Gasteiger partial charge on any atom is -0.480 e. The van der Waals surface area contributed by atoms with Crippen LogP contribution in [0.1, 0.15) is 34.1 Å². The molecule has 5 atom stereocenters. The van der Waals surface area contributed by atoms with Gasteiger partial charge in [-0.15, -0.1) is 0 Å². The Hall–Kier alpha value is -1.85. The number of aliphatic carboxylic acids is 1. The number of carboxylic acids is 1. The van der Waals surface area contributed by atoms with E-state index >= 15 is 0 Å². The van der Waals surface area contributed by atoms with E-state index in [2.05, 4.69) is 16.0 Å². The molecule has 0 rings (SSSR count). The van der Waals surface area contributed by atoms with Crippen LogP contribution in [-0.4, -0.2) is 76.2 Å². The highest BCUT2D eigenvalue weighted by atomic mass is 32.2. The summed E-state index contributed by atoms with van der Waals surface area (Å²) < 4.78 is 0. The van der Waals surface area contributed by atoms with E-state index in [9.17, 15) is 29.4 Å². The lowest BCUT2D eigenvalue weighted by Crippen LogP contribution is -2.58. The topological polar surface area (TPSA) is 171 Å². The minimum absolute atomic E-state index is 0.255. The zero-order valence-electron chi connectivity index (χ0n) is 16.9. The van der Waals surface area contributed by atoms with E-state index in [4.69, 9.17) is 5.73 Å². The van der Waals surface area contributed by atoms with Gasteiger partial charge in [-0.1, -0.05) is 13.8 Å². The zero-order valence-corrected chi connectivity index (χ0v) is 17.7. The molecule has 5 unspecified atom stereocenters. The molecule has 10 nitrogen and oxygen atoms in total. The van der Waals surface area contributed by atoms with Crippen molar-refractivity contribution in [3.63, 3.8) is 0 Å². The Bertz CT molecular complexity index is 558. The molecule has 0 saturated carbocycles. The largest absolute Gasteiger partial charge is 0.480 e. The summed E-state index contributed by atoms with van der Waals surface area (Å²) in [5.74, 6) is -2.86. The summed E-state index contributed by atoms with van der Waals surface area (Å²) in [5, 5.41) is 25.9. The van der Waals surface area contributed by atoms with Crippen LogP contribution in [-0.2, 0) is 19.2 Å². The van der Waals surface area contributed by atoms with E-state index in [1.807, 2.05) is 6.26 Å². The molecule has 0 aromatic rings. The summed E-state index contributed by atoms with van der Waals surface area (Å²) in [7, 11) is 0. The average molecular weight is 421 g/mol. The first-order chi connectivity index (χ1) is 12.9. The number of aliphatic hydroxyl groups is 1. The molecule has 162 valence electrons. The van der Waals surface area contributed by atoms with Crippen LogP contribution in [0.25, 0.3) is 0 Å². The second-order valence-corrected chi connectivity index (χ2v) is 7.89. The molecule has 0 saturated heterocycles. The third-order valence-corrected chi connectivity index (χ3v) is 4.69. The zero-order chi connectivity index (χ0) is 22.0. The summed E-state index contributed by atoms with van der Waals surface area (Å²) in [6.45, 7) is 6.17. The first-order valence-corrected chi connectivity index (χ1v) is 10.4. The van der Waals surface area contributed by atoms with Crippen molar-refractivity contribution in [3.8, 4) is 0 Å². The number of hydrogen-bond donors (Lipinski definition) is 6. The first-order valence-electron chi connectivity index (χ1n) is 8.98. The quantitative estimate of drug-likeness (QED) is 0.225. The van der Waals surface area contributed by atoms with Crippen LogP contribution in [0.3, 0.4) is 0 Å². The van der Waals surface area contributed by atoms with Crippen molar-refractivity contribution < 1.29 is 29.4 Å². The predicted octanol–water partition coefficient (Wildman–Crippen LogP) is -1.34. The summed E-state index contributed by atoms with van der Waals surface area (Å²) in [5.41, 5.74) is 5.51. The smallest absolute Gasteiger partial charge is 0.326 e. The Labute approximate surface area is 169 Å². The molecule has 0 fully saturated rings. The minimum atomic E-state index is -1.19. The number of thioether (sulfide) groups is 1. The van der Waals surface area contributed by atoms with Gasteiger partial charge in [0.15, 0.2) is 0 Å². The Morgan fingerprint density at radius 1 is 0.964 bits per heavy atom. The van der Waals surface area contributed by atoms with Gasteiger partial charge >= 0.3 is 5.97 Å². The number of nitrogens with one attached hydrogen (secondary N) is 3. The monoisotopic (exact) mass is 420 g/mol. The maximum Gasteiger partial charge on any atom is 0.326 e. The van der Waals surface area contributed by atoms with Crippen molar-refractivity contribution in [2.45, 2.75) is 64.4 Å². The molecule has 28 heavy (non-hydrogen) atoms. The second-order valence-electron chi connectivity index (χ2n) is 6.91. The molecule has 0 bridgehead atoms. The molecule has 0 aliphatic heterocycles. The molecule has 0 radical (unpaired) electrons. The number of nitrogens with two attached hydrogens (primary N) is 1. The van der Waals surface area contributed by atoms with E-state index < -0.39 is 54.0 Å². The molecule has 11 heteroatoms. The molecular formula is C17H32N4O6S. The van der Waals surface area contributed by atoms with Crippen molar-refractivity contribution in [1.82, 2.24) is 16.0 Å². The van der Waals surface area contributed by atoms with Crippen molar-refractivity contribution in [3.05, 3.63) is 0 Å². The SMILES string of the molecule is CSCCC(NC(=O)C(NC(=O)C(C)NC(=O)C(N)C(C)O)C(C)C)C(=O)O. The Kier molecular flexibility index (Phi) is 11.7. The maximum atomic E-state index is 12.5. The Morgan fingerprint density at radius 3 is 1.96 bits per heavy atom. The fourth-order valence-electron chi connectivity index (χ4n) is 2.16. The van der Waals surface area contributed by atoms with Gasteiger partial charge in [-0.05, 0) is 38.2 Å². The number of carbonyl (C=O) groups excluding carboxylic acids is 3. The van der Waals surface area contributed by atoms with Crippen LogP contribution in [0.2, 0.25) is 0 Å². The van der Waals surface area contributed by atoms with Gasteiger partial charge < -0.3 is 31.9 Å². The average Bonchev–Trinajstić information content (AvgIpc) is 2.60. The normalized spacial score (nSPS) is 16.4. The number of carbonyl (C=O) groups is 4. The highest BCUT2D eigenvalue weighted by Gasteiger charge is 2.30. The maximum absolute atomic E-state index is 12.5. The predicted molar refractivity (Wildman–Crippen MR) is 107 cm³/mol.